The minimum atomic E-state index is -1.12. The van der Waals surface area contributed by atoms with E-state index in [2.05, 4.69) is 15.6 Å². The van der Waals surface area contributed by atoms with E-state index < -0.39 is 34.7 Å². The lowest BCUT2D eigenvalue weighted by molar-refractivity contribution is 0.0104. The first-order valence-corrected chi connectivity index (χ1v) is 10.9. The zero-order chi connectivity index (χ0) is 24.1. The fourth-order valence-corrected chi connectivity index (χ4v) is 4.28. The molecule has 4 rings (SSSR count). The number of aromatic nitrogens is 1. The zero-order valence-electron chi connectivity index (χ0n) is 19.4. The highest BCUT2D eigenvalue weighted by atomic mass is 19.1. The van der Waals surface area contributed by atoms with Crippen molar-refractivity contribution in [2.24, 2.45) is 0 Å². The number of hydrogen-bond acceptors (Lipinski definition) is 5. The molecule has 2 aliphatic heterocycles. The van der Waals surface area contributed by atoms with Crippen molar-refractivity contribution in [2.75, 3.05) is 25.0 Å². The highest BCUT2D eigenvalue weighted by Crippen LogP contribution is 2.41. The number of benzene rings is 1. The molecular weight excluding hydrogens is 430 g/mol. The molecule has 3 heterocycles. The van der Waals surface area contributed by atoms with Crippen LogP contribution in [0.15, 0.2) is 24.4 Å². The number of likely N-dealkylation sites (tertiary alicyclic amines) is 1. The number of fused-ring (bicyclic) bond motifs is 1. The average molecular weight is 459 g/mol. The van der Waals surface area contributed by atoms with Crippen LogP contribution in [0.2, 0.25) is 0 Å². The van der Waals surface area contributed by atoms with E-state index in [-0.39, 0.29) is 29.5 Å². The summed E-state index contributed by atoms with van der Waals surface area (Å²) in [7, 11) is 0. The number of hydrogen-bond donors (Lipinski definition) is 2. The number of nitrogens with one attached hydrogen (secondary N) is 2. The highest BCUT2D eigenvalue weighted by molar-refractivity contribution is 5.98. The molecule has 0 aliphatic carbocycles. The summed E-state index contributed by atoms with van der Waals surface area (Å²) in [6, 6.07) is 4.75. The molecule has 0 radical (unpaired) electrons. The molecule has 33 heavy (non-hydrogen) atoms. The fourth-order valence-electron chi connectivity index (χ4n) is 4.28. The van der Waals surface area contributed by atoms with Gasteiger partial charge in [0.2, 0.25) is 0 Å². The first kappa shape index (κ1) is 22.9. The molecule has 0 unspecified atom stereocenters. The van der Waals surface area contributed by atoms with Crippen LogP contribution in [0.3, 0.4) is 0 Å². The van der Waals surface area contributed by atoms with E-state index >= 15 is 8.78 Å². The summed E-state index contributed by atoms with van der Waals surface area (Å²) in [5, 5.41) is 5.74. The van der Waals surface area contributed by atoms with E-state index in [0.29, 0.717) is 24.2 Å². The molecule has 176 valence electrons. The van der Waals surface area contributed by atoms with Crippen LogP contribution in [0.4, 0.5) is 19.4 Å². The van der Waals surface area contributed by atoms with Crippen molar-refractivity contribution in [3.8, 4) is 0 Å². The molecule has 1 aromatic carbocycles. The van der Waals surface area contributed by atoms with Crippen molar-refractivity contribution in [2.45, 2.75) is 51.7 Å². The summed E-state index contributed by atoms with van der Waals surface area (Å²) in [5.41, 5.74) is -0.785. The summed E-state index contributed by atoms with van der Waals surface area (Å²) < 4.78 is 36.2. The Hall–Kier alpha value is -3.23. The highest BCUT2D eigenvalue weighted by Gasteiger charge is 2.43. The van der Waals surface area contributed by atoms with Crippen molar-refractivity contribution < 1.29 is 23.1 Å². The second kappa shape index (κ2) is 7.97. The molecule has 9 heteroatoms. The van der Waals surface area contributed by atoms with Gasteiger partial charge in [-0.15, -0.1) is 0 Å². The third-order valence-electron chi connectivity index (χ3n) is 6.08. The summed E-state index contributed by atoms with van der Waals surface area (Å²) >= 11 is 0. The lowest BCUT2D eigenvalue weighted by Gasteiger charge is -2.41. The van der Waals surface area contributed by atoms with Crippen LogP contribution in [0, 0.1) is 18.6 Å². The Morgan fingerprint density at radius 2 is 1.97 bits per heavy atom. The van der Waals surface area contributed by atoms with Crippen molar-refractivity contribution >= 4 is 17.8 Å². The van der Waals surface area contributed by atoms with Crippen LogP contribution in [0.5, 0.6) is 0 Å². The second-order valence-electron chi connectivity index (χ2n) is 9.89. The van der Waals surface area contributed by atoms with Crippen LogP contribution in [0.1, 0.15) is 54.7 Å². The third kappa shape index (κ3) is 4.12. The van der Waals surface area contributed by atoms with Gasteiger partial charge in [0.1, 0.15) is 11.4 Å². The van der Waals surface area contributed by atoms with Crippen LogP contribution >= 0.6 is 0 Å². The summed E-state index contributed by atoms with van der Waals surface area (Å²) in [6.07, 6.45) is 0.879. The van der Waals surface area contributed by atoms with Gasteiger partial charge >= 0.3 is 6.09 Å². The van der Waals surface area contributed by atoms with Crippen molar-refractivity contribution in [1.82, 2.24) is 15.2 Å². The van der Waals surface area contributed by atoms with Gasteiger partial charge in [-0.1, -0.05) is 18.2 Å². The van der Waals surface area contributed by atoms with E-state index in [1.807, 2.05) is 0 Å². The first-order valence-electron chi connectivity index (χ1n) is 10.9. The van der Waals surface area contributed by atoms with Gasteiger partial charge in [0, 0.05) is 42.4 Å². The van der Waals surface area contributed by atoms with Gasteiger partial charge < -0.3 is 20.3 Å². The number of rotatable bonds is 3. The van der Waals surface area contributed by atoms with Gasteiger partial charge in [-0.25, -0.2) is 18.6 Å². The standard InChI is InChI=1S/C24H28F2N4O3/c1-13-7-6-8-16(18(13)25)24(5)12-28-21(31)15-9-27-20(19(26)17(15)24)29-14-10-30(11-14)22(32)33-23(2,3)4/h6-9,14H,10-12H2,1-5H3,(H,27,29)(H,28,31)/t24-/m1/s1. The smallest absolute Gasteiger partial charge is 0.410 e. The lowest BCUT2D eigenvalue weighted by atomic mass is 9.71. The molecule has 1 fully saturated rings. The Morgan fingerprint density at radius 3 is 2.64 bits per heavy atom. The van der Waals surface area contributed by atoms with Crippen LogP contribution in [0.25, 0.3) is 0 Å². The number of pyridine rings is 1. The van der Waals surface area contributed by atoms with Crippen molar-refractivity contribution in [1.29, 1.82) is 0 Å². The molecule has 2 amide bonds. The van der Waals surface area contributed by atoms with E-state index in [1.54, 1.807) is 52.8 Å². The van der Waals surface area contributed by atoms with Crippen molar-refractivity contribution in [3.63, 3.8) is 0 Å². The van der Waals surface area contributed by atoms with Gasteiger partial charge in [0.15, 0.2) is 11.6 Å². The van der Waals surface area contributed by atoms with E-state index in [1.165, 1.54) is 11.1 Å². The maximum absolute atomic E-state index is 15.8. The molecule has 1 saturated heterocycles. The number of amides is 2. The predicted octanol–water partition coefficient (Wildman–Crippen LogP) is 3.75. The topological polar surface area (TPSA) is 83.6 Å². The monoisotopic (exact) mass is 458 g/mol. The molecule has 0 spiro atoms. The molecule has 2 N–H and O–H groups in total. The molecular formula is C24H28F2N4O3. The average Bonchev–Trinajstić information content (AvgIpc) is 2.69. The number of aryl methyl sites for hydroxylation is 1. The molecule has 2 aliphatic rings. The summed E-state index contributed by atoms with van der Waals surface area (Å²) in [5.74, 6) is -1.61. The summed E-state index contributed by atoms with van der Waals surface area (Å²) in [4.78, 5) is 30.2. The Labute approximate surface area is 191 Å². The Bertz CT molecular complexity index is 1130. The first-order chi connectivity index (χ1) is 15.4. The maximum Gasteiger partial charge on any atom is 0.410 e. The normalized spacial score (nSPS) is 20.6. The van der Waals surface area contributed by atoms with Gasteiger partial charge in [-0.2, -0.15) is 0 Å². The predicted molar refractivity (Wildman–Crippen MR) is 119 cm³/mol. The number of halogens is 2. The number of ether oxygens (including phenoxy) is 1. The fraction of sp³-hybridized carbons (Fsp3) is 0.458. The zero-order valence-corrected chi connectivity index (χ0v) is 19.4. The quantitative estimate of drug-likeness (QED) is 0.732. The Kier molecular flexibility index (Phi) is 5.54. The molecule has 0 saturated carbocycles. The number of anilines is 1. The second-order valence-corrected chi connectivity index (χ2v) is 9.89. The molecule has 1 aromatic heterocycles. The van der Waals surface area contributed by atoms with Crippen LogP contribution in [-0.2, 0) is 10.2 Å². The molecule has 1 atom stereocenters. The van der Waals surface area contributed by atoms with E-state index in [4.69, 9.17) is 4.74 Å². The van der Waals surface area contributed by atoms with Gasteiger partial charge in [-0.3, -0.25) is 4.79 Å². The molecule has 0 bridgehead atoms. The minimum Gasteiger partial charge on any atom is -0.444 e. The lowest BCUT2D eigenvalue weighted by Crippen LogP contribution is -2.58. The van der Waals surface area contributed by atoms with Gasteiger partial charge in [0.05, 0.1) is 11.6 Å². The number of carbonyl (C=O) groups excluding carboxylic acids is 2. The van der Waals surface area contributed by atoms with Crippen LogP contribution < -0.4 is 10.6 Å². The van der Waals surface area contributed by atoms with Gasteiger partial charge in [0.25, 0.3) is 5.91 Å². The third-order valence-corrected chi connectivity index (χ3v) is 6.08. The maximum atomic E-state index is 15.8. The van der Waals surface area contributed by atoms with E-state index in [9.17, 15) is 9.59 Å². The Balaban J connectivity index is 1.62. The number of carbonyl (C=O) groups is 2. The van der Waals surface area contributed by atoms with Crippen molar-refractivity contribution in [3.05, 3.63) is 58.3 Å². The van der Waals surface area contributed by atoms with Gasteiger partial charge in [-0.05, 0) is 40.2 Å². The van der Waals surface area contributed by atoms with Crippen LogP contribution in [-0.4, -0.2) is 53.2 Å². The molecule has 2 aromatic rings. The summed E-state index contributed by atoms with van der Waals surface area (Å²) in [6.45, 7) is 9.44. The van der Waals surface area contributed by atoms with E-state index in [0.717, 1.165) is 0 Å². The largest absolute Gasteiger partial charge is 0.444 e. The Morgan fingerprint density at radius 1 is 1.27 bits per heavy atom. The number of nitrogens with zero attached hydrogens (tertiary/aromatic N) is 2. The molecule has 7 nitrogen and oxygen atoms in total. The minimum absolute atomic E-state index is 0.0309. The SMILES string of the molecule is Cc1cccc([C@@]2(C)CNC(=O)c3cnc(NC4CN(C(=O)OC(C)(C)C)C4)c(F)c32)c1F.